The van der Waals surface area contributed by atoms with Crippen molar-refractivity contribution in [1.29, 1.82) is 0 Å². The predicted octanol–water partition coefficient (Wildman–Crippen LogP) is 1.21. The summed E-state index contributed by atoms with van der Waals surface area (Å²) in [6, 6.07) is 5.05. The standard InChI is InChI=1S/C15H13N3O5/c1-8-4-9(2-3-16-8)10-5-12(13(19)18-6-10)17-7-11(14(20)21)15(22)23/h2-7,17H,1H3,(H,18,19)(H,20,21)(H,22,23). The number of anilines is 1. The topological polar surface area (TPSA) is 132 Å². The van der Waals surface area contributed by atoms with Gasteiger partial charge in [-0.1, -0.05) is 0 Å². The summed E-state index contributed by atoms with van der Waals surface area (Å²) in [5.74, 6) is -3.22. The molecule has 4 N–H and O–H groups in total. The summed E-state index contributed by atoms with van der Waals surface area (Å²) < 4.78 is 0. The van der Waals surface area contributed by atoms with Gasteiger partial charge in [0.05, 0.1) is 0 Å². The van der Waals surface area contributed by atoms with Crippen LogP contribution in [-0.2, 0) is 9.59 Å². The molecule has 8 heteroatoms. The first-order valence-electron chi connectivity index (χ1n) is 6.47. The lowest BCUT2D eigenvalue weighted by molar-refractivity contribution is -0.140. The maximum absolute atomic E-state index is 11.8. The minimum absolute atomic E-state index is 0.0250. The van der Waals surface area contributed by atoms with Crippen LogP contribution in [0.2, 0.25) is 0 Å². The Kier molecular flexibility index (Phi) is 4.55. The molecule has 0 bridgehead atoms. The van der Waals surface area contributed by atoms with Crippen LogP contribution in [0.4, 0.5) is 5.69 Å². The van der Waals surface area contributed by atoms with Gasteiger partial charge in [0.1, 0.15) is 5.69 Å². The molecular formula is C15H13N3O5. The van der Waals surface area contributed by atoms with Crippen LogP contribution in [0, 0.1) is 6.92 Å². The molecule has 0 aliphatic rings. The maximum atomic E-state index is 11.8. The molecule has 0 aromatic carbocycles. The molecular weight excluding hydrogens is 302 g/mol. The van der Waals surface area contributed by atoms with E-state index in [1.807, 2.05) is 13.0 Å². The van der Waals surface area contributed by atoms with E-state index in [1.54, 1.807) is 12.3 Å². The second-order valence-electron chi connectivity index (χ2n) is 4.63. The summed E-state index contributed by atoms with van der Waals surface area (Å²) in [7, 11) is 0. The van der Waals surface area contributed by atoms with Crippen LogP contribution in [0.15, 0.2) is 47.2 Å². The monoisotopic (exact) mass is 315 g/mol. The van der Waals surface area contributed by atoms with E-state index in [4.69, 9.17) is 10.2 Å². The van der Waals surface area contributed by atoms with Gasteiger partial charge in [0.2, 0.25) is 0 Å². The number of carboxylic acid groups (broad SMARTS) is 2. The zero-order chi connectivity index (χ0) is 17.0. The van der Waals surface area contributed by atoms with E-state index in [9.17, 15) is 14.4 Å². The molecule has 2 heterocycles. The predicted molar refractivity (Wildman–Crippen MR) is 82.0 cm³/mol. The van der Waals surface area contributed by atoms with Crippen LogP contribution in [0.1, 0.15) is 5.69 Å². The SMILES string of the molecule is Cc1cc(-c2c[nH]c(=O)c(NC=C(C(=O)O)C(=O)O)c2)ccn1. The number of aromatic nitrogens is 2. The smallest absolute Gasteiger partial charge is 0.344 e. The summed E-state index contributed by atoms with van der Waals surface area (Å²) in [5.41, 5.74) is 0.898. The van der Waals surface area contributed by atoms with Crippen molar-refractivity contribution in [2.24, 2.45) is 0 Å². The van der Waals surface area contributed by atoms with E-state index in [1.165, 1.54) is 12.3 Å². The van der Waals surface area contributed by atoms with Crippen LogP contribution < -0.4 is 10.9 Å². The highest BCUT2D eigenvalue weighted by Gasteiger charge is 2.16. The average molecular weight is 315 g/mol. The van der Waals surface area contributed by atoms with E-state index >= 15 is 0 Å². The Morgan fingerprint density at radius 1 is 1.22 bits per heavy atom. The fraction of sp³-hybridized carbons (Fsp3) is 0.0667. The molecule has 2 aromatic heterocycles. The minimum atomic E-state index is -1.61. The van der Waals surface area contributed by atoms with E-state index < -0.39 is 23.1 Å². The van der Waals surface area contributed by atoms with Crippen molar-refractivity contribution in [3.05, 3.63) is 58.4 Å². The van der Waals surface area contributed by atoms with Gasteiger partial charge in [0, 0.05) is 29.9 Å². The van der Waals surface area contributed by atoms with Gasteiger partial charge in [0.25, 0.3) is 5.56 Å². The van der Waals surface area contributed by atoms with Gasteiger partial charge in [0.15, 0.2) is 5.57 Å². The van der Waals surface area contributed by atoms with Gasteiger partial charge in [-0.3, -0.25) is 9.78 Å². The first-order valence-corrected chi connectivity index (χ1v) is 6.47. The zero-order valence-electron chi connectivity index (χ0n) is 12.0. The molecule has 0 unspecified atom stereocenters. The Morgan fingerprint density at radius 2 is 1.91 bits per heavy atom. The first kappa shape index (κ1) is 16.0. The molecule has 8 nitrogen and oxygen atoms in total. The minimum Gasteiger partial charge on any atom is -0.477 e. The van der Waals surface area contributed by atoms with Crippen molar-refractivity contribution in [1.82, 2.24) is 9.97 Å². The summed E-state index contributed by atoms with van der Waals surface area (Å²) in [5, 5.41) is 20.0. The molecule has 0 fully saturated rings. The molecule has 118 valence electrons. The number of carboxylic acids is 2. The maximum Gasteiger partial charge on any atom is 0.344 e. The Balaban J connectivity index is 2.39. The molecule has 0 aliphatic carbocycles. The van der Waals surface area contributed by atoms with E-state index in [-0.39, 0.29) is 5.69 Å². The zero-order valence-corrected chi connectivity index (χ0v) is 12.0. The Morgan fingerprint density at radius 3 is 2.52 bits per heavy atom. The van der Waals surface area contributed by atoms with Crippen molar-refractivity contribution in [2.75, 3.05) is 5.32 Å². The fourth-order valence-corrected chi connectivity index (χ4v) is 1.85. The largest absolute Gasteiger partial charge is 0.477 e. The van der Waals surface area contributed by atoms with Crippen molar-refractivity contribution in [3.8, 4) is 11.1 Å². The lowest BCUT2D eigenvalue weighted by Gasteiger charge is -2.06. The third kappa shape index (κ3) is 3.82. The van der Waals surface area contributed by atoms with Crippen LogP contribution in [0.25, 0.3) is 11.1 Å². The lowest BCUT2D eigenvalue weighted by atomic mass is 10.1. The summed E-state index contributed by atoms with van der Waals surface area (Å²) in [6.07, 6.45) is 3.88. The third-order valence-electron chi connectivity index (χ3n) is 2.97. The van der Waals surface area contributed by atoms with Crippen LogP contribution in [0.5, 0.6) is 0 Å². The third-order valence-corrected chi connectivity index (χ3v) is 2.97. The number of aliphatic carboxylic acids is 2. The van der Waals surface area contributed by atoms with Crippen molar-refractivity contribution in [3.63, 3.8) is 0 Å². The van der Waals surface area contributed by atoms with Crippen LogP contribution in [-0.4, -0.2) is 32.1 Å². The summed E-state index contributed by atoms with van der Waals surface area (Å²) in [4.78, 5) is 39.9. The number of hydrogen-bond donors (Lipinski definition) is 4. The number of H-pyrrole nitrogens is 1. The molecule has 0 spiro atoms. The first-order chi connectivity index (χ1) is 10.9. The number of aromatic amines is 1. The normalized spacial score (nSPS) is 9.96. The number of pyridine rings is 2. The Bertz CT molecular complexity index is 838. The molecule has 0 saturated heterocycles. The number of hydrogen-bond acceptors (Lipinski definition) is 5. The highest BCUT2D eigenvalue weighted by atomic mass is 16.4. The number of carbonyl (C=O) groups is 2. The number of nitrogens with zero attached hydrogens (tertiary/aromatic N) is 1. The average Bonchev–Trinajstić information content (AvgIpc) is 2.48. The van der Waals surface area contributed by atoms with Gasteiger partial charge < -0.3 is 20.5 Å². The van der Waals surface area contributed by atoms with Crippen molar-refractivity contribution < 1.29 is 19.8 Å². The van der Waals surface area contributed by atoms with Gasteiger partial charge in [-0.15, -0.1) is 0 Å². The van der Waals surface area contributed by atoms with Crippen LogP contribution >= 0.6 is 0 Å². The second kappa shape index (κ2) is 6.56. The summed E-state index contributed by atoms with van der Waals surface area (Å²) in [6.45, 7) is 1.82. The lowest BCUT2D eigenvalue weighted by Crippen LogP contribution is -2.15. The molecule has 2 rings (SSSR count). The number of rotatable bonds is 5. The second-order valence-corrected chi connectivity index (χ2v) is 4.63. The van der Waals surface area contributed by atoms with Crippen molar-refractivity contribution >= 4 is 17.6 Å². The molecule has 2 aromatic rings. The molecule has 0 saturated carbocycles. The van der Waals surface area contributed by atoms with Gasteiger partial charge in [-0.25, -0.2) is 9.59 Å². The van der Waals surface area contributed by atoms with Crippen LogP contribution in [0.3, 0.4) is 0 Å². The van der Waals surface area contributed by atoms with E-state index in [0.29, 0.717) is 5.56 Å². The highest BCUT2D eigenvalue weighted by Crippen LogP contribution is 2.20. The van der Waals surface area contributed by atoms with Gasteiger partial charge >= 0.3 is 11.9 Å². The van der Waals surface area contributed by atoms with Gasteiger partial charge in [-0.05, 0) is 30.7 Å². The molecule has 23 heavy (non-hydrogen) atoms. The summed E-state index contributed by atoms with van der Waals surface area (Å²) >= 11 is 0. The number of nitrogens with one attached hydrogen (secondary N) is 2. The molecule has 0 aliphatic heterocycles. The number of aryl methyl sites for hydroxylation is 1. The Hall–Kier alpha value is -3.42. The quantitative estimate of drug-likeness (QED) is 0.370. The van der Waals surface area contributed by atoms with Gasteiger partial charge in [-0.2, -0.15) is 0 Å². The fourth-order valence-electron chi connectivity index (χ4n) is 1.85. The molecule has 0 atom stereocenters. The van der Waals surface area contributed by atoms with E-state index in [2.05, 4.69) is 15.3 Å². The van der Waals surface area contributed by atoms with Crippen molar-refractivity contribution in [2.45, 2.75) is 6.92 Å². The Labute approximate surface area is 130 Å². The molecule has 0 amide bonds. The van der Waals surface area contributed by atoms with E-state index in [0.717, 1.165) is 17.5 Å². The highest BCUT2D eigenvalue weighted by molar-refractivity contribution is 6.12. The molecule has 0 radical (unpaired) electrons.